The summed E-state index contributed by atoms with van der Waals surface area (Å²) in [5, 5.41) is 13.2. The first-order chi connectivity index (χ1) is 13.0. The molecule has 0 spiro atoms. The average Bonchev–Trinajstić information content (AvgIpc) is 3.35. The summed E-state index contributed by atoms with van der Waals surface area (Å²) in [6.07, 6.45) is 9.43. The predicted molar refractivity (Wildman–Crippen MR) is 104 cm³/mol. The number of amides is 1. The lowest BCUT2D eigenvalue weighted by Gasteiger charge is -2.10. The fourth-order valence-corrected chi connectivity index (χ4v) is 2.43. The molecule has 1 saturated carbocycles. The number of aldehydes is 1. The number of nitrogens with zero attached hydrogens (tertiary/aromatic N) is 4. The van der Waals surface area contributed by atoms with Gasteiger partial charge in [-0.05, 0) is 31.2 Å². The van der Waals surface area contributed by atoms with Crippen LogP contribution in [0, 0.1) is 0 Å². The van der Waals surface area contributed by atoms with Gasteiger partial charge in [-0.2, -0.15) is 9.61 Å². The maximum Gasteiger partial charge on any atom is 0.256 e. The maximum atomic E-state index is 12.4. The van der Waals surface area contributed by atoms with Crippen LogP contribution < -0.4 is 16.0 Å². The molecule has 9 nitrogen and oxygen atoms in total. The molecule has 1 aliphatic rings. The van der Waals surface area contributed by atoms with Gasteiger partial charge in [0.15, 0.2) is 11.9 Å². The van der Waals surface area contributed by atoms with E-state index in [4.69, 9.17) is 0 Å². The number of anilines is 2. The molecule has 3 N–H and O–H groups in total. The number of hydrogen-bond acceptors (Lipinski definition) is 7. The molecule has 0 saturated heterocycles. The van der Waals surface area contributed by atoms with Crippen LogP contribution in [0.15, 0.2) is 36.3 Å². The molecule has 3 rings (SSSR count). The highest BCUT2D eigenvalue weighted by Gasteiger charge is 2.26. The van der Waals surface area contributed by atoms with Crippen molar-refractivity contribution in [3.05, 3.63) is 41.9 Å². The highest BCUT2D eigenvalue weighted by Crippen LogP contribution is 2.22. The quantitative estimate of drug-likeness (QED) is 0.365. The molecular weight excluding hydrogens is 346 g/mol. The van der Waals surface area contributed by atoms with Gasteiger partial charge in [-0.3, -0.25) is 9.59 Å². The van der Waals surface area contributed by atoms with Crippen LogP contribution in [0.1, 0.15) is 23.2 Å². The summed E-state index contributed by atoms with van der Waals surface area (Å²) in [6.45, 7) is 0. The minimum Gasteiger partial charge on any atom is -0.383 e. The summed E-state index contributed by atoms with van der Waals surface area (Å²) in [5.41, 5.74) is 1.15. The number of allylic oxidation sites excluding steroid dienone is 3. The molecule has 0 unspecified atom stereocenters. The highest BCUT2D eigenvalue weighted by atomic mass is 16.1. The Hall–Kier alpha value is -3.36. The zero-order chi connectivity index (χ0) is 19.4. The Balaban J connectivity index is 1.92. The third kappa shape index (κ3) is 4.43. The first-order valence-electron chi connectivity index (χ1n) is 8.66. The third-order valence-corrected chi connectivity index (χ3v) is 3.94. The Morgan fingerprint density at radius 3 is 2.78 bits per heavy atom. The lowest BCUT2D eigenvalue weighted by molar-refractivity contribution is -0.104. The van der Waals surface area contributed by atoms with Gasteiger partial charge >= 0.3 is 0 Å². The fraction of sp³-hybridized carbons (Fsp3) is 0.333. The molecule has 0 radical (unpaired) electrons. The van der Waals surface area contributed by atoms with Crippen LogP contribution in [0.5, 0.6) is 0 Å². The molecule has 0 atom stereocenters. The number of fused-ring (bicyclic) bond motifs is 1. The predicted octanol–water partition coefficient (Wildman–Crippen LogP) is 1.23. The topological polar surface area (TPSA) is 104 Å². The zero-order valence-corrected chi connectivity index (χ0v) is 15.6. The Morgan fingerprint density at radius 2 is 2.15 bits per heavy atom. The molecule has 2 heterocycles. The van der Waals surface area contributed by atoms with Gasteiger partial charge in [0.05, 0.1) is 11.9 Å². The minimum atomic E-state index is -0.195. The van der Waals surface area contributed by atoms with Gasteiger partial charge in [0.2, 0.25) is 0 Å². The monoisotopic (exact) mass is 369 g/mol. The van der Waals surface area contributed by atoms with Gasteiger partial charge in [-0.25, -0.2) is 4.98 Å². The van der Waals surface area contributed by atoms with Crippen molar-refractivity contribution < 1.29 is 9.59 Å². The molecule has 1 amide bonds. The summed E-state index contributed by atoms with van der Waals surface area (Å²) in [4.78, 5) is 30.1. The third-order valence-electron chi connectivity index (χ3n) is 3.94. The van der Waals surface area contributed by atoms with Crippen molar-refractivity contribution in [2.24, 2.45) is 0 Å². The second kappa shape index (κ2) is 7.90. The minimum absolute atomic E-state index is 0.195. The van der Waals surface area contributed by atoms with Crippen molar-refractivity contribution in [1.29, 1.82) is 0 Å². The molecule has 2 aromatic rings. The number of carbonyl (C=O) groups is 2. The van der Waals surface area contributed by atoms with Crippen LogP contribution in [-0.2, 0) is 4.79 Å². The summed E-state index contributed by atoms with van der Waals surface area (Å²) in [5.74, 6) is 0.880. The molecule has 9 heteroatoms. The fourth-order valence-electron chi connectivity index (χ4n) is 2.43. The SMILES string of the molecule is CNc1cc(N/C(C=O)=C/C=C\N(C)C)nc2c(C(=O)NC3CC3)cnn12. The second-order valence-electron chi connectivity index (χ2n) is 6.49. The Morgan fingerprint density at radius 1 is 1.37 bits per heavy atom. The summed E-state index contributed by atoms with van der Waals surface area (Å²) >= 11 is 0. The van der Waals surface area contributed by atoms with Crippen LogP contribution in [0.25, 0.3) is 5.65 Å². The Kier molecular flexibility index (Phi) is 5.39. The first-order valence-corrected chi connectivity index (χ1v) is 8.66. The van der Waals surface area contributed by atoms with E-state index in [-0.39, 0.29) is 11.9 Å². The van der Waals surface area contributed by atoms with Gasteiger partial charge < -0.3 is 20.9 Å². The lowest BCUT2D eigenvalue weighted by Crippen LogP contribution is -2.25. The number of aromatic nitrogens is 3. The standard InChI is InChI=1S/C18H23N7O2/c1-19-16-9-15(21-13(11-26)5-4-8-24(2)3)23-17-14(10-20-25(16)17)18(27)22-12-6-7-12/h4-5,8-12,19H,6-7H2,1-3H3,(H,21,23)(H,22,27)/b8-4-,13-5+. The molecule has 0 bridgehead atoms. The molecule has 27 heavy (non-hydrogen) atoms. The number of nitrogens with one attached hydrogen (secondary N) is 3. The molecular formula is C18H23N7O2. The summed E-state index contributed by atoms with van der Waals surface area (Å²) in [7, 11) is 5.53. The van der Waals surface area contributed by atoms with Crippen molar-refractivity contribution in [2.45, 2.75) is 18.9 Å². The molecule has 142 valence electrons. The van der Waals surface area contributed by atoms with E-state index in [9.17, 15) is 9.59 Å². The van der Waals surface area contributed by atoms with Crippen LogP contribution in [0.2, 0.25) is 0 Å². The number of rotatable bonds is 8. The number of hydrogen-bond donors (Lipinski definition) is 3. The van der Waals surface area contributed by atoms with Crippen molar-refractivity contribution in [3.8, 4) is 0 Å². The van der Waals surface area contributed by atoms with E-state index in [0.29, 0.717) is 34.8 Å². The van der Waals surface area contributed by atoms with E-state index in [0.717, 1.165) is 12.8 Å². The van der Waals surface area contributed by atoms with Gasteiger partial charge in [-0.15, -0.1) is 0 Å². The van der Waals surface area contributed by atoms with E-state index < -0.39 is 0 Å². The van der Waals surface area contributed by atoms with E-state index in [1.807, 2.05) is 25.2 Å². The van der Waals surface area contributed by atoms with Crippen molar-refractivity contribution in [2.75, 3.05) is 31.8 Å². The maximum absolute atomic E-state index is 12.4. The highest BCUT2D eigenvalue weighted by molar-refractivity contribution is 6.00. The van der Waals surface area contributed by atoms with E-state index >= 15 is 0 Å². The van der Waals surface area contributed by atoms with Gasteiger partial charge in [0.1, 0.15) is 17.2 Å². The van der Waals surface area contributed by atoms with Gasteiger partial charge in [0.25, 0.3) is 5.91 Å². The zero-order valence-electron chi connectivity index (χ0n) is 15.6. The van der Waals surface area contributed by atoms with Crippen LogP contribution >= 0.6 is 0 Å². The molecule has 0 aliphatic heterocycles. The summed E-state index contributed by atoms with van der Waals surface area (Å²) < 4.78 is 1.56. The van der Waals surface area contributed by atoms with Crippen LogP contribution in [0.3, 0.4) is 0 Å². The molecule has 2 aromatic heterocycles. The lowest BCUT2D eigenvalue weighted by atomic mass is 10.3. The van der Waals surface area contributed by atoms with Gasteiger partial charge in [-0.1, -0.05) is 0 Å². The van der Waals surface area contributed by atoms with E-state index in [1.54, 1.807) is 29.8 Å². The van der Waals surface area contributed by atoms with Gasteiger partial charge in [0, 0.05) is 33.3 Å². The molecule has 1 fully saturated rings. The summed E-state index contributed by atoms with van der Waals surface area (Å²) in [6, 6.07) is 1.96. The Bertz CT molecular complexity index is 910. The van der Waals surface area contributed by atoms with Crippen molar-refractivity contribution in [3.63, 3.8) is 0 Å². The second-order valence-corrected chi connectivity index (χ2v) is 6.49. The van der Waals surface area contributed by atoms with Crippen LogP contribution in [0.4, 0.5) is 11.6 Å². The number of carbonyl (C=O) groups excluding carboxylic acids is 2. The average molecular weight is 369 g/mol. The van der Waals surface area contributed by atoms with Crippen molar-refractivity contribution >= 4 is 29.5 Å². The first kappa shape index (κ1) is 18.4. The smallest absolute Gasteiger partial charge is 0.256 e. The van der Waals surface area contributed by atoms with Crippen LogP contribution in [-0.4, -0.2) is 58.9 Å². The van der Waals surface area contributed by atoms with E-state index in [2.05, 4.69) is 26.0 Å². The Labute approximate surface area is 157 Å². The van der Waals surface area contributed by atoms with Crippen molar-refractivity contribution in [1.82, 2.24) is 24.8 Å². The largest absolute Gasteiger partial charge is 0.383 e. The molecule has 0 aromatic carbocycles. The van der Waals surface area contributed by atoms with E-state index in [1.165, 1.54) is 6.20 Å². The normalized spacial score (nSPS) is 14.4. The molecule has 1 aliphatic carbocycles.